The lowest BCUT2D eigenvalue weighted by Gasteiger charge is -2.26. The van der Waals surface area contributed by atoms with Gasteiger partial charge in [-0.05, 0) is 49.6 Å². The molecule has 3 N–H and O–H groups in total. The molecule has 0 bridgehead atoms. The van der Waals surface area contributed by atoms with E-state index < -0.39 is 0 Å². The molecule has 9 nitrogen and oxygen atoms in total. The first-order valence-electron chi connectivity index (χ1n) is 9.64. The van der Waals surface area contributed by atoms with E-state index >= 15 is 0 Å². The molecule has 2 atom stereocenters. The van der Waals surface area contributed by atoms with Crippen LogP contribution >= 0.6 is 11.9 Å². The SMILES string of the molecule is COc1cccc(OC)c1-n1c(NSC2CNCC(O)C2)nnc1-c1ccc(C)o1. The number of benzene rings is 1. The molecule has 1 aliphatic rings. The standard InChI is InChI=1S/C20H25N5O4S/c1-12-7-8-17(29-12)19-22-23-20(24-30-14-9-13(26)10-21-11-14)25(19)18-15(27-2)5-4-6-16(18)28-3/h4-8,13-14,21,26H,9-11H2,1-3H3,(H,23,24). The van der Waals surface area contributed by atoms with Crippen LogP contribution in [-0.4, -0.2) is 58.5 Å². The summed E-state index contributed by atoms with van der Waals surface area (Å²) < 4.78 is 22.2. The number of aliphatic hydroxyl groups excluding tert-OH is 1. The molecule has 30 heavy (non-hydrogen) atoms. The summed E-state index contributed by atoms with van der Waals surface area (Å²) in [6, 6.07) is 9.31. The Balaban J connectivity index is 1.76. The summed E-state index contributed by atoms with van der Waals surface area (Å²) in [7, 11) is 3.21. The van der Waals surface area contributed by atoms with Gasteiger partial charge < -0.3 is 24.3 Å². The molecule has 0 radical (unpaired) electrons. The van der Waals surface area contributed by atoms with E-state index in [2.05, 4.69) is 20.2 Å². The summed E-state index contributed by atoms with van der Waals surface area (Å²) in [5.74, 6) is 3.61. The second-order valence-electron chi connectivity index (χ2n) is 6.99. The topological polar surface area (TPSA) is 107 Å². The Morgan fingerprint density at radius 1 is 1.17 bits per heavy atom. The van der Waals surface area contributed by atoms with Crippen molar-refractivity contribution in [2.45, 2.75) is 24.7 Å². The summed E-state index contributed by atoms with van der Waals surface area (Å²) in [4.78, 5) is 0. The highest BCUT2D eigenvalue weighted by Gasteiger charge is 2.26. The van der Waals surface area contributed by atoms with E-state index in [-0.39, 0.29) is 11.4 Å². The molecule has 0 amide bonds. The van der Waals surface area contributed by atoms with E-state index in [0.717, 1.165) is 12.3 Å². The molecule has 1 aromatic carbocycles. The number of nitrogens with one attached hydrogen (secondary N) is 2. The van der Waals surface area contributed by atoms with Crippen LogP contribution in [0.4, 0.5) is 5.95 Å². The van der Waals surface area contributed by atoms with E-state index in [1.807, 2.05) is 41.8 Å². The van der Waals surface area contributed by atoms with E-state index in [1.165, 1.54) is 11.9 Å². The monoisotopic (exact) mass is 431 g/mol. The molecule has 0 saturated carbocycles. The van der Waals surface area contributed by atoms with Crippen LogP contribution in [0, 0.1) is 6.92 Å². The molecule has 4 rings (SSSR count). The van der Waals surface area contributed by atoms with Crippen LogP contribution in [0.25, 0.3) is 17.3 Å². The van der Waals surface area contributed by atoms with Crippen molar-refractivity contribution in [3.8, 4) is 28.8 Å². The highest BCUT2D eigenvalue weighted by molar-refractivity contribution is 8.01. The van der Waals surface area contributed by atoms with Crippen molar-refractivity contribution in [3.63, 3.8) is 0 Å². The number of anilines is 1. The Labute approximate surface area is 178 Å². The highest BCUT2D eigenvalue weighted by Crippen LogP contribution is 2.38. The molecule has 1 aliphatic heterocycles. The number of β-amino-alcohol motifs (C(OH)–C–C–N with tert-alkyl or cyclic N) is 1. The number of nitrogens with zero attached hydrogens (tertiary/aromatic N) is 3. The Kier molecular flexibility index (Phi) is 6.16. The second kappa shape index (κ2) is 8.99. The molecule has 2 aromatic heterocycles. The van der Waals surface area contributed by atoms with Gasteiger partial charge in [0.05, 0.1) is 20.3 Å². The summed E-state index contributed by atoms with van der Waals surface area (Å²) in [6.45, 7) is 3.29. The van der Waals surface area contributed by atoms with Crippen LogP contribution in [0.15, 0.2) is 34.7 Å². The van der Waals surface area contributed by atoms with Gasteiger partial charge in [0.1, 0.15) is 22.9 Å². The van der Waals surface area contributed by atoms with Gasteiger partial charge in [0.25, 0.3) is 0 Å². The Morgan fingerprint density at radius 2 is 1.93 bits per heavy atom. The molecule has 3 heterocycles. The van der Waals surface area contributed by atoms with E-state index in [1.54, 1.807) is 14.2 Å². The van der Waals surface area contributed by atoms with Crippen LogP contribution in [0.5, 0.6) is 11.5 Å². The minimum atomic E-state index is -0.355. The summed E-state index contributed by atoms with van der Waals surface area (Å²) in [5.41, 5.74) is 0.668. The molecule has 2 unspecified atom stereocenters. The third-order valence-electron chi connectivity index (χ3n) is 4.85. The van der Waals surface area contributed by atoms with Crippen LogP contribution in [0.1, 0.15) is 12.2 Å². The molecule has 1 fully saturated rings. The predicted octanol–water partition coefficient (Wildman–Crippen LogP) is 2.64. The van der Waals surface area contributed by atoms with Crippen molar-refractivity contribution in [2.75, 3.05) is 32.0 Å². The average molecular weight is 432 g/mol. The van der Waals surface area contributed by atoms with Crippen molar-refractivity contribution in [1.29, 1.82) is 0 Å². The number of aliphatic hydroxyl groups is 1. The van der Waals surface area contributed by atoms with Gasteiger partial charge in [-0.3, -0.25) is 9.29 Å². The maximum Gasteiger partial charge on any atom is 0.239 e. The maximum atomic E-state index is 9.92. The van der Waals surface area contributed by atoms with E-state index in [0.29, 0.717) is 47.7 Å². The number of rotatable bonds is 7. The van der Waals surface area contributed by atoms with Crippen LogP contribution in [0.3, 0.4) is 0 Å². The van der Waals surface area contributed by atoms with Crippen molar-refractivity contribution in [1.82, 2.24) is 20.1 Å². The van der Waals surface area contributed by atoms with Gasteiger partial charge in [0.2, 0.25) is 11.8 Å². The number of para-hydroxylation sites is 1. The first-order valence-corrected chi connectivity index (χ1v) is 10.5. The number of ether oxygens (including phenoxy) is 2. The smallest absolute Gasteiger partial charge is 0.239 e. The summed E-state index contributed by atoms with van der Waals surface area (Å²) in [6.07, 6.45) is 0.341. The zero-order valence-electron chi connectivity index (χ0n) is 17.1. The van der Waals surface area contributed by atoms with Gasteiger partial charge in [-0.25, -0.2) is 0 Å². The Morgan fingerprint density at radius 3 is 2.57 bits per heavy atom. The molecule has 10 heteroatoms. The largest absolute Gasteiger partial charge is 0.494 e. The van der Waals surface area contributed by atoms with Gasteiger partial charge in [-0.15, -0.1) is 10.2 Å². The van der Waals surface area contributed by atoms with E-state index in [9.17, 15) is 5.11 Å². The highest BCUT2D eigenvalue weighted by atomic mass is 32.2. The molecule has 0 spiro atoms. The molecular formula is C20H25N5O4S. The fourth-order valence-electron chi connectivity index (χ4n) is 3.44. The number of furan rings is 1. The van der Waals surface area contributed by atoms with Crippen molar-refractivity contribution in [2.24, 2.45) is 0 Å². The number of hydrogen-bond acceptors (Lipinski definition) is 9. The normalized spacial score (nSPS) is 18.9. The lowest BCUT2D eigenvalue weighted by atomic mass is 10.1. The zero-order valence-corrected chi connectivity index (χ0v) is 17.9. The quantitative estimate of drug-likeness (QED) is 0.487. The number of hydrogen-bond donors (Lipinski definition) is 3. The third-order valence-corrected chi connectivity index (χ3v) is 5.85. The number of piperidine rings is 1. The molecule has 1 saturated heterocycles. The molecular weight excluding hydrogens is 406 g/mol. The van der Waals surface area contributed by atoms with Crippen LogP contribution < -0.4 is 19.5 Å². The summed E-state index contributed by atoms with van der Waals surface area (Å²) >= 11 is 1.50. The lowest BCUT2D eigenvalue weighted by Crippen LogP contribution is -2.41. The van der Waals surface area contributed by atoms with Gasteiger partial charge in [-0.2, -0.15) is 0 Å². The fraction of sp³-hybridized carbons (Fsp3) is 0.400. The van der Waals surface area contributed by atoms with Crippen molar-refractivity contribution < 1.29 is 19.0 Å². The Hall–Kier alpha value is -2.69. The van der Waals surface area contributed by atoms with Crippen molar-refractivity contribution in [3.05, 3.63) is 36.1 Å². The van der Waals surface area contributed by atoms with Gasteiger partial charge in [0.15, 0.2) is 5.76 Å². The van der Waals surface area contributed by atoms with Crippen LogP contribution in [0.2, 0.25) is 0 Å². The van der Waals surface area contributed by atoms with Crippen LogP contribution in [-0.2, 0) is 0 Å². The maximum absolute atomic E-state index is 9.92. The fourth-order valence-corrected chi connectivity index (χ4v) is 4.36. The lowest BCUT2D eigenvalue weighted by molar-refractivity contribution is 0.145. The van der Waals surface area contributed by atoms with Gasteiger partial charge >= 0.3 is 0 Å². The van der Waals surface area contributed by atoms with Gasteiger partial charge in [-0.1, -0.05) is 6.07 Å². The predicted molar refractivity (Wildman–Crippen MR) is 115 cm³/mol. The Bertz CT molecular complexity index is 983. The molecule has 0 aliphatic carbocycles. The number of methoxy groups -OCH3 is 2. The number of aryl methyl sites for hydroxylation is 1. The first-order chi connectivity index (χ1) is 14.6. The van der Waals surface area contributed by atoms with Crippen molar-refractivity contribution >= 4 is 17.9 Å². The average Bonchev–Trinajstić information content (AvgIpc) is 3.37. The van der Waals surface area contributed by atoms with E-state index in [4.69, 9.17) is 13.9 Å². The minimum absolute atomic E-state index is 0.188. The number of aromatic nitrogens is 3. The summed E-state index contributed by atoms with van der Waals surface area (Å²) in [5, 5.41) is 22.1. The second-order valence-corrected chi connectivity index (χ2v) is 8.10. The molecule has 3 aromatic rings. The third kappa shape index (κ3) is 4.11. The van der Waals surface area contributed by atoms with Gasteiger partial charge in [0, 0.05) is 18.3 Å². The zero-order chi connectivity index (χ0) is 21.1. The molecule has 160 valence electrons. The first kappa shape index (κ1) is 20.6. The minimum Gasteiger partial charge on any atom is -0.494 e.